The number of H-pyrrole nitrogens is 1. The van der Waals surface area contributed by atoms with E-state index >= 15 is 0 Å². The summed E-state index contributed by atoms with van der Waals surface area (Å²) in [6.45, 7) is 1.88. The largest absolute Gasteiger partial charge is 0.495 e. The normalized spacial score (nSPS) is 11.5. The Hall–Kier alpha value is -4.93. The molecule has 8 nitrogen and oxygen atoms in total. The molecule has 2 aromatic heterocycles. The molecular weight excluding hydrogens is 497 g/mol. The zero-order valence-electron chi connectivity index (χ0n) is 20.2. The Labute approximate surface area is 214 Å². The van der Waals surface area contributed by atoms with Crippen molar-refractivity contribution >= 4 is 28.4 Å². The number of nitrogen functional groups attached to an aromatic ring is 1. The quantitative estimate of drug-likeness (QED) is 0.268. The van der Waals surface area contributed by atoms with E-state index < -0.39 is 17.6 Å². The number of nitrogens with two attached hydrogens (primary N) is 1. The molecule has 0 fully saturated rings. The molecular formula is C27H21F3N6O2. The Bertz CT molecular complexity index is 1670. The van der Waals surface area contributed by atoms with E-state index in [0.29, 0.717) is 38.9 Å². The molecule has 5 aromatic rings. The summed E-state index contributed by atoms with van der Waals surface area (Å²) in [5.74, 6) is 0.0218. The monoisotopic (exact) mass is 518 g/mol. The zero-order valence-corrected chi connectivity index (χ0v) is 20.2. The van der Waals surface area contributed by atoms with Gasteiger partial charge in [-0.05, 0) is 54.4 Å². The fourth-order valence-electron chi connectivity index (χ4n) is 4.27. The molecule has 0 saturated heterocycles. The molecule has 0 saturated carbocycles. The highest BCUT2D eigenvalue weighted by Crippen LogP contribution is 2.44. The van der Waals surface area contributed by atoms with Gasteiger partial charge in [0, 0.05) is 40.2 Å². The van der Waals surface area contributed by atoms with Crippen LogP contribution >= 0.6 is 0 Å². The average molecular weight is 518 g/mol. The number of halogens is 3. The van der Waals surface area contributed by atoms with Gasteiger partial charge < -0.3 is 15.8 Å². The number of aromatic nitrogens is 4. The van der Waals surface area contributed by atoms with Crippen LogP contribution in [0.4, 0.5) is 24.8 Å². The summed E-state index contributed by atoms with van der Waals surface area (Å²) < 4.78 is 45.2. The molecule has 2 heterocycles. The van der Waals surface area contributed by atoms with Crippen molar-refractivity contribution in [2.45, 2.75) is 13.1 Å². The van der Waals surface area contributed by atoms with Crippen LogP contribution in [0.25, 0.3) is 33.2 Å². The van der Waals surface area contributed by atoms with Crippen molar-refractivity contribution in [1.82, 2.24) is 20.2 Å². The van der Waals surface area contributed by atoms with Gasteiger partial charge in [0.05, 0.1) is 30.0 Å². The van der Waals surface area contributed by atoms with Gasteiger partial charge in [0.2, 0.25) is 5.95 Å². The lowest BCUT2D eigenvalue weighted by Gasteiger charge is -2.18. The first-order valence-electron chi connectivity index (χ1n) is 11.4. The number of rotatable bonds is 5. The highest BCUT2D eigenvalue weighted by molar-refractivity contribution is 6.06. The second kappa shape index (κ2) is 9.51. The highest BCUT2D eigenvalue weighted by Gasteiger charge is 2.30. The average Bonchev–Trinajstić information content (AvgIpc) is 3.42. The second-order valence-electron chi connectivity index (χ2n) is 8.55. The predicted octanol–water partition coefficient (Wildman–Crippen LogP) is 5.86. The number of carbonyl (C=O) groups excluding carboxylic acids is 1. The number of amides is 1. The number of hydrogen-bond acceptors (Lipinski definition) is 6. The van der Waals surface area contributed by atoms with Gasteiger partial charge in [0.15, 0.2) is 0 Å². The topological polar surface area (TPSA) is 119 Å². The molecule has 0 aliphatic carbocycles. The number of hydrogen-bond donors (Lipinski definition) is 3. The maximum absolute atomic E-state index is 13.1. The van der Waals surface area contributed by atoms with Crippen LogP contribution < -0.4 is 15.8 Å². The molecule has 0 spiro atoms. The lowest BCUT2D eigenvalue weighted by Crippen LogP contribution is -2.13. The summed E-state index contributed by atoms with van der Waals surface area (Å²) in [4.78, 5) is 21.6. The van der Waals surface area contributed by atoms with Crippen LogP contribution in [0, 0.1) is 6.92 Å². The highest BCUT2D eigenvalue weighted by atomic mass is 19.4. The molecule has 11 heteroatoms. The van der Waals surface area contributed by atoms with Gasteiger partial charge in [-0.3, -0.25) is 9.89 Å². The van der Waals surface area contributed by atoms with E-state index in [1.54, 1.807) is 36.8 Å². The van der Waals surface area contributed by atoms with Crippen LogP contribution in [0.2, 0.25) is 0 Å². The maximum atomic E-state index is 13.1. The summed E-state index contributed by atoms with van der Waals surface area (Å²) in [5.41, 5.74) is 9.41. The molecule has 4 N–H and O–H groups in total. The van der Waals surface area contributed by atoms with E-state index in [2.05, 4.69) is 25.5 Å². The molecule has 5 rings (SSSR count). The lowest BCUT2D eigenvalue weighted by molar-refractivity contribution is -0.137. The van der Waals surface area contributed by atoms with Crippen molar-refractivity contribution < 1.29 is 22.7 Å². The van der Waals surface area contributed by atoms with Crippen molar-refractivity contribution in [2.75, 3.05) is 18.2 Å². The van der Waals surface area contributed by atoms with Crippen LogP contribution in [0.3, 0.4) is 0 Å². The molecule has 192 valence electrons. The van der Waals surface area contributed by atoms with Gasteiger partial charge in [-0.25, -0.2) is 9.97 Å². The number of alkyl halides is 3. The lowest BCUT2D eigenvalue weighted by atomic mass is 9.92. The van der Waals surface area contributed by atoms with Crippen molar-refractivity contribution in [3.63, 3.8) is 0 Å². The molecule has 1 amide bonds. The van der Waals surface area contributed by atoms with Crippen LogP contribution in [0.1, 0.15) is 21.5 Å². The van der Waals surface area contributed by atoms with E-state index in [-0.39, 0.29) is 17.2 Å². The maximum Gasteiger partial charge on any atom is 0.416 e. The first-order chi connectivity index (χ1) is 18.2. The van der Waals surface area contributed by atoms with Gasteiger partial charge in [-0.2, -0.15) is 18.3 Å². The number of nitrogens with zero attached hydrogens (tertiary/aromatic N) is 3. The molecule has 0 atom stereocenters. The Morgan fingerprint density at radius 1 is 1.08 bits per heavy atom. The first kappa shape index (κ1) is 24.8. The van der Waals surface area contributed by atoms with E-state index in [0.717, 1.165) is 17.7 Å². The summed E-state index contributed by atoms with van der Waals surface area (Å²) in [6.07, 6.45) is 0.408. The van der Waals surface area contributed by atoms with Crippen LogP contribution in [0.15, 0.2) is 67.1 Å². The van der Waals surface area contributed by atoms with Crippen molar-refractivity contribution in [3.8, 4) is 28.0 Å². The molecule has 0 radical (unpaired) electrons. The van der Waals surface area contributed by atoms with E-state index in [1.807, 2.05) is 13.0 Å². The van der Waals surface area contributed by atoms with Gasteiger partial charge >= 0.3 is 6.18 Å². The minimum Gasteiger partial charge on any atom is -0.495 e. The fraction of sp³-hybridized carbons (Fsp3) is 0.111. The van der Waals surface area contributed by atoms with Gasteiger partial charge in [-0.15, -0.1) is 0 Å². The number of methoxy groups -OCH3 is 1. The molecule has 3 aromatic carbocycles. The first-order valence-corrected chi connectivity index (χ1v) is 11.4. The second-order valence-corrected chi connectivity index (χ2v) is 8.55. The number of nitrogens with one attached hydrogen (secondary N) is 2. The third-order valence-electron chi connectivity index (χ3n) is 6.07. The Balaban J connectivity index is 1.62. The smallest absolute Gasteiger partial charge is 0.416 e. The van der Waals surface area contributed by atoms with E-state index in [4.69, 9.17) is 10.5 Å². The number of anilines is 2. The third-order valence-corrected chi connectivity index (χ3v) is 6.07. The molecule has 0 aliphatic heterocycles. The number of aryl methyl sites for hydroxylation is 1. The molecule has 38 heavy (non-hydrogen) atoms. The summed E-state index contributed by atoms with van der Waals surface area (Å²) in [6, 6.07) is 11.4. The number of fused-ring (bicyclic) bond motifs is 1. The van der Waals surface area contributed by atoms with Gasteiger partial charge in [-0.1, -0.05) is 12.1 Å². The van der Waals surface area contributed by atoms with Crippen molar-refractivity contribution in [3.05, 3.63) is 83.8 Å². The summed E-state index contributed by atoms with van der Waals surface area (Å²) in [5, 5.41) is 10.1. The SMILES string of the molecule is COc1c(-c2cc(C(=O)Nc3cccc(C(F)(F)F)c3)ccc2C)cc2cnc(N)nc2c1-c1cn[nH]c1. The van der Waals surface area contributed by atoms with Crippen LogP contribution in [-0.2, 0) is 6.18 Å². The Morgan fingerprint density at radius 3 is 2.61 bits per heavy atom. The third kappa shape index (κ3) is 4.61. The van der Waals surface area contributed by atoms with Gasteiger partial charge in [0.1, 0.15) is 5.75 Å². The van der Waals surface area contributed by atoms with Gasteiger partial charge in [0.25, 0.3) is 5.91 Å². The van der Waals surface area contributed by atoms with E-state index in [9.17, 15) is 18.0 Å². The Kier molecular flexibility index (Phi) is 6.19. The summed E-state index contributed by atoms with van der Waals surface area (Å²) >= 11 is 0. The molecule has 0 aliphatic rings. The van der Waals surface area contributed by atoms with Crippen molar-refractivity contribution in [2.24, 2.45) is 0 Å². The molecule has 0 unspecified atom stereocenters. The van der Waals surface area contributed by atoms with Crippen molar-refractivity contribution in [1.29, 1.82) is 0 Å². The minimum atomic E-state index is -4.52. The zero-order chi connectivity index (χ0) is 27.0. The fourth-order valence-corrected chi connectivity index (χ4v) is 4.27. The number of ether oxygens (including phenoxy) is 1. The van der Waals surface area contributed by atoms with Crippen LogP contribution in [0.5, 0.6) is 5.75 Å². The predicted molar refractivity (Wildman–Crippen MR) is 138 cm³/mol. The van der Waals surface area contributed by atoms with E-state index in [1.165, 1.54) is 19.2 Å². The number of carbonyl (C=O) groups is 1. The van der Waals surface area contributed by atoms with Crippen LogP contribution in [-0.4, -0.2) is 33.2 Å². The molecule has 0 bridgehead atoms. The summed E-state index contributed by atoms with van der Waals surface area (Å²) in [7, 11) is 1.53. The number of aromatic amines is 1. The Morgan fingerprint density at radius 2 is 1.89 bits per heavy atom. The minimum absolute atomic E-state index is 0.0345. The number of benzene rings is 3. The standard InChI is InChI=1S/C27H21F3N6O2/c1-14-6-7-15(25(37)35-19-5-3-4-18(10-19)27(28,29)30)8-20(14)21-9-16-11-32-26(31)36-23(16)22(24(21)38-2)17-12-33-34-13-17/h3-13H,1-2H3,(H,33,34)(H,35,37)(H2,31,32,36).